The predicted molar refractivity (Wildman–Crippen MR) is 59.4 cm³/mol. The number of nitrogens with one attached hydrogen (secondary N) is 1. The number of H-pyrrole nitrogens is 1. The summed E-state index contributed by atoms with van der Waals surface area (Å²) in [5.74, 6) is 0.861. The number of rotatable bonds is 1. The first-order chi connectivity index (χ1) is 6.27. The highest BCUT2D eigenvalue weighted by Crippen LogP contribution is 2.24. The molecule has 13 heavy (non-hydrogen) atoms. The highest BCUT2D eigenvalue weighted by Gasteiger charge is 2.05. The van der Waals surface area contributed by atoms with Crippen LogP contribution in [0, 0.1) is 0 Å². The smallest absolute Gasteiger partial charge is 0.139 e. The van der Waals surface area contributed by atoms with Gasteiger partial charge >= 0.3 is 0 Å². The number of benzene rings is 1. The molecule has 2 nitrogen and oxygen atoms in total. The lowest BCUT2D eigenvalue weighted by molar-refractivity contribution is 1.29. The van der Waals surface area contributed by atoms with Crippen LogP contribution in [0.15, 0.2) is 39.5 Å². The largest absolute Gasteiger partial charge is 0.332 e. The fourth-order valence-corrected chi connectivity index (χ4v) is 1.62. The number of halogens is 2. The summed E-state index contributed by atoms with van der Waals surface area (Å²) in [7, 11) is 0. The van der Waals surface area contributed by atoms with Gasteiger partial charge in [-0.15, -0.1) is 0 Å². The molecule has 0 fully saturated rings. The van der Waals surface area contributed by atoms with Gasteiger partial charge in [0.1, 0.15) is 15.0 Å². The lowest BCUT2D eigenvalue weighted by Crippen LogP contribution is -1.78. The van der Waals surface area contributed by atoms with E-state index in [2.05, 4.69) is 41.8 Å². The van der Waals surface area contributed by atoms with Gasteiger partial charge in [-0.2, -0.15) is 0 Å². The van der Waals surface area contributed by atoms with Crippen LogP contribution in [0.3, 0.4) is 0 Å². The third-order valence-electron chi connectivity index (χ3n) is 1.67. The number of aromatic nitrogens is 2. The number of imidazole rings is 1. The van der Waals surface area contributed by atoms with Crippen LogP contribution >= 0.6 is 31.9 Å². The minimum Gasteiger partial charge on any atom is -0.332 e. The molecule has 0 spiro atoms. The Labute approximate surface area is 92.7 Å². The minimum atomic E-state index is 0.798. The first-order valence-electron chi connectivity index (χ1n) is 3.74. The second-order valence-corrected chi connectivity index (χ2v) is 4.10. The normalized spacial score (nSPS) is 10.3. The van der Waals surface area contributed by atoms with Crippen molar-refractivity contribution < 1.29 is 0 Å². The van der Waals surface area contributed by atoms with E-state index >= 15 is 0 Å². The summed E-state index contributed by atoms with van der Waals surface area (Å²) < 4.78 is 1.66. The molecule has 2 aromatic rings. The molecule has 66 valence electrons. The molecule has 0 aliphatic heterocycles. The summed E-state index contributed by atoms with van der Waals surface area (Å²) in [5.41, 5.74) is 1.08. The van der Waals surface area contributed by atoms with E-state index in [1.807, 2.05) is 30.3 Å². The molecule has 0 saturated heterocycles. The second kappa shape index (κ2) is 3.64. The van der Waals surface area contributed by atoms with Gasteiger partial charge in [0.25, 0.3) is 0 Å². The molecule has 0 aliphatic carbocycles. The van der Waals surface area contributed by atoms with E-state index in [1.165, 1.54) is 0 Å². The highest BCUT2D eigenvalue weighted by molar-refractivity contribution is 9.13. The molecule has 0 atom stereocenters. The Morgan fingerprint density at radius 2 is 1.77 bits per heavy atom. The SMILES string of the molecule is Brc1nc(-c2ccccc2)[nH]c1Br. The third-order valence-corrected chi connectivity index (χ3v) is 3.35. The highest BCUT2D eigenvalue weighted by atomic mass is 79.9. The van der Waals surface area contributed by atoms with Crippen molar-refractivity contribution in [1.29, 1.82) is 0 Å². The van der Waals surface area contributed by atoms with Gasteiger partial charge in [-0.05, 0) is 31.9 Å². The van der Waals surface area contributed by atoms with Crippen LogP contribution in [0.4, 0.5) is 0 Å². The Morgan fingerprint density at radius 3 is 2.31 bits per heavy atom. The average molecular weight is 302 g/mol. The van der Waals surface area contributed by atoms with E-state index in [-0.39, 0.29) is 0 Å². The lowest BCUT2D eigenvalue weighted by atomic mass is 10.2. The Kier molecular flexibility index (Phi) is 2.51. The number of nitrogens with zero attached hydrogens (tertiary/aromatic N) is 1. The van der Waals surface area contributed by atoms with Crippen LogP contribution in [0.5, 0.6) is 0 Å². The molecule has 0 amide bonds. The van der Waals surface area contributed by atoms with Gasteiger partial charge in [0.2, 0.25) is 0 Å². The maximum absolute atomic E-state index is 4.29. The van der Waals surface area contributed by atoms with Crippen molar-refractivity contribution in [3.8, 4) is 11.4 Å². The van der Waals surface area contributed by atoms with Gasteiger partial charge in [0.05, 0.1) is 0 Å². The molecule has 4 heteroatoms. The van der Waals surface area contributed by atoms with E-state index in [4.69, 9.17) is 0 Å². The maximum atomic E-state index is 4.29. The van der Waals surface area contributed by atoms with Crippen LogP contribution in [0.25, 0.3) is 11.4 Å². The Balaban J connectivity index is 2.48. The zero-order valence-corrected chi connectivity index (χ0v) is 9.76. The van der Waals surface area contributed by atoms with Gasteiger partial charge in [0.15, 0.2) is 0 Å². The molecule has 1 aromatic carbocycles. The minimum absolute atomic E-state index is 0.798. The fraction of sp³-hybridized carbons (Fsp3) is 0. The molecule has 1 N–H and O–H groups in total. The summed E-state index contributed by atoms with van der Waals surface area (Å²) in [4.78, 5) is 7.41. The van der Waals surface area contributed by atoms with Crippen LogP contribution < -0.4 is 0 Å². The molecular formula is C9H6Br2N2. The lowest BCUT2D eigenvalue weighted by Gasteiger charge is -1.93. The summed E-state index contributed by atoms with van der Waals surface area (Å²) in [5, 5.41) is 0. The molecule has 1 aromatic heterocycles. The van der Waals surface area contributed by atoms with E-state index in [9.17, 15) is 0 Å². The molecule has 0 saturated carbocycles. The maximum Gasteiger partial charge on any atom is 0.139 e. The molecule has 0 bridgehead atoms. The zero-order chi connectivity index (χ0) is 9.26. The summed E-state index contributed by atoms with van der Waals surface area (Å²) in [6.45, 7) is 0. The van der Waals surface area contributed by atoms with Crippen molar-refractivity contribution in [3.05, 3.63) is 39.5 Å². The Morgan fingerprint density at radius 1 is 1.08 bits per heavy atom. The topological polar surface area (TPSA) is 28.7 Å². The molecule has 0 aliphatic rings. The molecule has 1 heterocycles. The molecule has 0 unspecified atom stereocenters. The predicted octanol–water partition coefficient (Wildman–Crippen LogP) is 3.60. The number of hydrogen-bond donors (Lipinski definition) is 1. The van der Waals surface area contributed by atoms with Crippen molar-refractivity contribution in [1.82, 2.24) is 9.97 Å². The van der Waals surface area contributed by atoms with Crippen LogP contribution in [0.2, 0.25) is 0 Å². The van der Waals surface area contributed by atoms with Crippen LogP contribution in [-0.4, -0.2) is 9.97 Å². The number of aromatic amines is 1. The standard InChI is InChI=1S/C9H6Br2N2/c10-7-8(11)13-9(12-7)6-4-2-1-3-5-6/h1-5H,(H,12,13). The van der Waals surface area contributed by atoms with Crippen molar-refractivity contribution in [2.45, 2.75) is 0 Å². The number of hydrogen-bond acceptors (Lipinski definition) is 1. The first-order valence-corrected chi connectivity index (χ1v) is 5.32. The van der Waals surface area contributed by atoms with E-state index in [1.54, 1.807) is 0 Å². The van der Waals surface area contributed by atoms with Crippen molar-refractivity contribution >= 4 is 31.9 Å². The second-order valence-electron chi connectivity index (χ2n) is 2.56. The molecular weight excluding hydrogens is 296 g/mol. The average Bonchev–Trinajstić information content (AvgIpc) is 2.49. The molecule has 2 rings (SSSR count). The summed E-state index contributed by atoms with van der Waals surface area (Å²) in [6, 6.07) is 9.98. The monoisotopic (exact) mass is 300 g/mol. The van der Waals surface area contributed by atoms with Gasteiger partial charge in [-0.1, -0.05) is 30.3 Å². The molecule has 0 radical (unpaired) electrons. The van der Waals surface area contributed by atoms with Crippen molar-refractivity contribution in [2.24, 2.45) is 0 Å². The van der Waals surface area contributed by atoms with Gasteiger partial charge in [-0.25, -0.2) is 4.98 Å². The fourth-order valence-electron chi connectivity index (χ4n) is 1.06. The van der Waals surface area contributed by atoms with Gasteiger partial charge in [0, 0.05) is 5.56 Å². The third kappa shape index (κ3) is 1.84. The zero-order valence-electron chi connectivity index (χ0n) is 6.59. The van der Waals surface area contributed by atoms with Crippen LogP contribution in [-0.2, 0) is 0 Å². The Hall–Kier alpha value is -0.610. The van der Waals surface area contributed by atoms with E-state index < -0.39 is 0 Å². The Bertz CT molecular complexity index is 389. The van der Waals surface area contributed by atoms with Gasteiger partial charge < -0.3 is 4.98 Å². The van der Waals surface area contributed by atoms with Crippen molar-refractivity contribution in [3.63, 3.8) is 0 Å². The van der Waals surface area contributed by atoms with Crippen molar-refractivity contribution in [2.75, 3.05) is 0 Å². The first kappa shape index (κ1) is 8.97. The van der Waals surface area contributed by atoms with E-state index in [0.717, 1.165) is 20.6 Å². The van der Waals surface area contributed by atoms with E-state index in [0.29, 0.717) is 0 Å². The van der Waals surface area contributed by atoms with Gasteiger partial charge in [-0.3, -0.25) is 0 Å². The van der Waals surface area contributed by atoms with Crippen LogP contribution in [0.1, 0.15) is 0 Å². The summed E-state index contributed by atoms with van der Waals surface area (Å²) >= 11 is 6.67. The quantitative estimate of drug-likeness (QED) is 0.856. The summed E-state index contributed by atoms with van der Waals surface area (Å²) in [6.07, 6.45) is 0.